The number of aliphatic hydroxyl groups is 15. The van der Waals surface area contributed by atoms with E-state index in [2.05, 4.69) is 16.0 Å². The molecule has 0 aromatic rings. The summed E-state index contributed by atoms with van der Waals surface area (Å²) in [6.45, 7) is -3.53. The van der Waals surface area contributed by atoms with E-state index in [4.69, 9.17) is 47.4 Å². The molecule has 5 saturated heterocycles. The van der Waals surface area contributed by atoms with Crippen LogP contribution in [0.3, 0.4) is 0 Å². The third-order valence-corrected chi connectivity index (χ3v) is 12.1. The zero-order chi connectivity index (χ0) is 51.0. The van der Waals surface area contributed by atoms with Gasteiger partial charge in [0.1, 0.15) is 122 Å². The molecular weight excluding hydrogens is 946 g/mol. The summed E-state index contributed by atoms with van der Waals surface area (Å²) in [5, 5.41) is 167. The lowest BCUT2D eigenvalue weighted by Crippen LogP contribution is -2.70. The van der Waals surface area contributed by atoms with Crippen LogP contribution in [0.1, 0.15) is 13.8 Å². The van der Waals surface area contributed by atoms with Gasteiger partial charge in [0.25, 0.3) is 0 Å². The van der Waals surface area contributed by atoms with Gasteiger partial charge >= 0.3 is 0 Å². The minimum atomic E-state index is -2.24. The van der Waals surface area contributed by atoms with Crippen molar-refractivity contribution in [1.82, 2.24) is 16.0 Å². The fraction of sp³-hybridized carbons (Fsp3) is 0.921. The predicted molar refractivity (Wildman–Crippen MR) is 214 cm³/mol. The molecule has 0 aromatic carbocycles. The SMILES string of the molecule is CC(=O)N[C@H]1[C@H](OC[C@H]2O[C@@H](O[C@H]3[C@H](O)[C@@H](O)[C@H](OC[C@@H](CO)NC=O)O[C@@H]3CO)[C@H](O)[C@@H](O[C@@H]3O[C@H](CO)[C@@H](O)[C@H](O[C@@H]4O[C@H](CO)[C@H](O)[C@H](O)[C@H]4O)[C@H]3NC(C)=O)[C@H]2O)O[C@H](CO)[C@@H](O)[C@@H]1O. The van der Waals surface area contributed by atoms with Gasteiger partial charge in [-0.05, 0) is 0 Å². The van der Waals surface area contributed by atoms with Gasteiger partial charge in [-0.3, -0.25) is 14.4 Å². The van der Waals surface area contributed by atoms with Gasteiger partial charge in [0.15, 0.2) is 31.5 Å². The molecule has 5 heterocycles. The summed E-state index contributed by atoms with van der Waals surface area (Å²) in [5.74, 6) is -1.57. The average molecular weight is 1010 g/mol. The molecule has 0 radical (unpaired) electrons. The number of hydrogen-bond acceptors (Lipinski definition) is 28. The molecule has 5 fully saturated rings. The lowest BCUT2D eigenvalue weighted by atomic mass is 9.94. The van der Waals surface area contributed by atoms with E-state index < -0.39 is 218 Å². The van der Waals surface area contributed by atoms with Crippen LogP contribution in [-0.4, -0.2) is 301 Å². The smallest absolute Gasteiger partial charge is 0.217 e. The van der Waals surface area contributed by atoms with Crippen LogP contribution in [0.4, 0.5) is 0 Å². The average Bonchev–Trinajstić information content (AvgIpc) is 3.32. The molecule has 0 unspecified atom stereocenters. The number of ether oxygens (including phenoxy) is 10. The Morgan fingerprint density at radius 3 is 1.52 bits per heavy atom. The molecule has 5 aliphatic heterocycles. The van der Waals surface area contributed by atoms with Crippen molar-refractivity contribution in [2.45, 2.75) is 173 Å². The molecule has 0 aliphatic carbocycles. The van der Waals surface area contributed by atoms with Crippen molar-refractivity contribution in [2.75, 3.05) is 46.2 Å². The Balaban J connectivity index is 1.47. The normalized spacial score (nSPS) is 45.6. The van der Waals surface area contributed by atoms with Crippen molar-refractivity contribution in [3.05, 3.63) is 0 Å². The largest absolute Gasteiger partial charge is 0.394 e. The number of aliphatic hydroxyl groups excluding tert-OH is 15. The number of nitrogens with one attached hydrogen (secondary N) is 3. The Labute approximate surface area is 391 Å². The zero-order valence-electron chi connectivity index (χ0n) is 37.1. The molecule has 31 nitrogen and oxygen atoms in total. The highest BCUT2D eigenvalue weighted by atomic mass is 16.8. The molecule has 5 rings (SSSR count). The maximum atomic E-state index is 12.7. The molecule has 0 bridgehead atoms. The highest BCUT2D eigenvalue weighted by Gasteiger charge is 2.57. The molecule has 18 N–H and O–H groups in total. The van der Waals surface area contributed by atoms with Crippen LogP contribution in [0.2, 0.25) is 0 Å². The number of carbonyl (C=O) groups is 3. The first-order valence-corrected chi connectivity index (χ1v) is 21.8. The summed E-state index contributed by atoms with van der Waals surface area (Å²) in [6, 6.07) is -4.25. The second kappa shape index (κ2) is 25.9. The van der Waals surface area contributed by atoms with Crippen molar-refractivity contribution in [1.29, 1.82) is 0 Å². The van der Waals surface area contributed by atoms with E-state index in [1.807, 2.05) is 0 Å². The van der Waals surface area contributed by atoms with Crippen molar-refractivity contribution in [3.63, 3.8) is 0 Å². The summed E-state index contributed by atoms with van der Waals surface area (Å²) in [7, 11) is 0. The molecule has 31 heteroatoms. The molecular formula is C38H65N3O28. The van der Waals surface area contributed by atoms with Gasteiger partial charge in [0, 0.05) is 13.8 Å². The fourth-order valence-electron chi connectivity index (χ4n) is 8.31. The Morgan fingerprint density at radius 2 is 0.942 bits per heavy atom. The molecule has 69 heavy (non-hydrogen) atoms. The first kappa shape index (κ1) is 57.3. The quantitative estimate of drug-likeness (QED) is 0.0475. The van der Waals surface area contributed by atoms with Crippen LogP contribution >= 0.6 is 0 Å². The Bertz CT molecular complexity index is 1610. The second-order valence-corrected chi connectivity index (χ2v) is 16.9. The van der Waals surface area contributed by atoms with E-state index in [-0.39, 0.29) is 6.41 Å². The maximum Gasteiger partial charge on any atom is 0.217 e. The highest BCUT2D eigenvalue weighted by molar-refractivity contribution is 5.73. The molecule has 26 atom stereocenters. The maximum absolute atomic E-state index is 12.7. The lowest BCUT2D eigenvalue weighted by molar-refractivity contribution is -0.383. The molecule has 0 aromatic heterocycles. The molecule has 5 aliphatic rings. The number of amides is 3. The predicted octanol–water partition coefficient (Wildman–Crippen LogP) is -12.5. The van der Waals surface area contributed by atoms with Crippen molar-refractivity contribution in [3.8, 4) is 0 Å². The molecule has 3 amide bonds. The first-order valence-electron chi connectivity index (χ1n) is 21.8. The molecule has 400 valence electrons. The third-order valence-electron chi connectivity index (χ3n) is 12.1. The van der Waals surface area contributed by atoms with Gasteiger partial charge in [-0.2, -0.15) is 0 Å². The Kier molecular flexibility index (Phi) is 21.5. The zero-order valence-corrected chi connectivity index (χ0v) is 37.1. The van der Waals surface area contributed by atoms with Crippen LogP contribution in [0.25, 0.3) is 0 Å². The Morgan fingerprint density at radius 1 is 0.478 bits per heavy atom. The summed E-state index contributed by atoms with van der Waals surface area (Å²) in [6.07, 6.45) is -42.7. The Hall–Kier alpha value is -2.59. The minimum absolute atomic E-state index is 0.271. The first-order chi connectivity index (χ1) is 32.7. The van der Waals surface area contributed by atoms with E-state index in [0.29, 0.717) is 0 Å². The van der Waals surface area contributed by atoms with Crippen LogP contribution in [0, 0.1) is 0 Å². The van der Waals surface area contributed by atoms with Crippen LogP contribution in [0.15, 0.2) is 0 Å². The van der Waals surface area contributed by atoms with Crippen LogP contribution in [-0.2, 0) is 61.8 Å². The van der Waals surface area contributed by atoms with Crippen molar-refractivity contribution >= 4 is 18.2 Å². The summed E-state index contributed by atoms with van der Waals surface area (Å²) in [5.41, 5.74) is 0. The van der Waals surface area contributed by atoms with E-state index >= 15 is 0 Å². The van der Waals surface area contributed by atoms with Crippen molar-refractivity contribution < 1.29 is 138 Å². The van der Waals surface area contributed by atoms with Gasteiger partial charge in [-0.1, -0.05) is 0 Å². The summed E-state index contributed by atoms with van der Waals surface area (Å²) >= 11 is 0. The van der Waals surface area contributed by atoms with E-state index in [9.17, 15) is 91.0 Å². The summed E-state index contributed by atoms with van der Waals surface area (Å²) in [4.78, 5) is 35.7. The number of rotatable bonds is 21. The lowest BCUT2D eigenvalue weighted by Gasteiger charge is -2.50. The van der Waals surface area contributed by atoms with Crippen LogP contribution in [0.5, 0.6) is 0 Å². The topological polar surface area (TPSA) is 483 Å². The van der Waals surface area contributed by atoms with Crippen LogP contribution < -0.4 is 16.0 Å². The van der Waals surface area contributed by atoms with Gasteiger partial charge < -0.3 is 140 Å². The number of hydrogen-bond donors (Lipinski definition) is 18. The standard InChI is InChI=1S/C38H65N3O28/c1-11(48)40-19-25(54)21(50)14(4-43)62-34(19)61-9-18-24(53)33(30(59)38(66-18)67-31-17(7-46)65-36(29(58)27(31)56)60-8-13(3-42)39-10-47)69-35-20(41-12(2)49)32(23(52)16(6-45)63-35)68-37-28(57)26(55)22(51)15(5-44)64-37/h10,13-38,42-46,50-59H,3-9H2,1-2H3,(H,39,47)(H,40,48)(H,41,49)/t13-,14-,15-,16-,17-,18-,19-,20-,21-,22+,23-,24+,25-,26+,27-,28-,29-,30-,31-,32-,33+,34-,35+,36-,37+,38+/m1/s1. The minimum Gasteiger partial charge on any atom is -0.394 e. The van der Waals surface area contributed by atoms with Gasteiger partial charge in [0.05, 0.1) is 52.3 Å². The van der Waals surface area contributed by atoms with E-state index in [1.54, 1.807) is 0 Å². The van der Waals surface area contributed by atoms with Crippen molar-refractivity contribution in [2.24, 2.45) is 0 Å². The highest BCUT2D eigenvalue weighted by Crippen LogP contribution is 2.35. The van der Waals surface area contributed by atoms with Gasteiger partial charge in [-0.25, -0.2) is 0 Å². The van der Waals surface area contributed by atoms with Gasteiger partial charge in [0.2, 0.25) is 18.2 Å². The van der Waals surface area contributed by atoms with E-state index in [1.165, 1.54) is 0 Å². The summed E-state index contributed by atoms with van der Waals surface area (Å²) < 4.78 is 57.5. The number of carbonyl (C=O) groups excluding carboxylic acids is 3. The van der Waals surface area contributed by atoms with E-state index in [0.717, 1.165) is 13.8 Å². The fourth-order valence-corrected chi connectivity index (χ4v) is 8.31. The van der Waals surface area contributed by atoms with Gasteiger partial charge in [-0.15, -0.1) is 0 Å². The monoisotopic (exact) mass is 1010 g/mol. The molecule has 0 saturated carbocycles. The second-order valence-electron chi connectivity index (χ2n) is 16.9. The molecule has 0 spiro atoms. The third kappa shape index (κ3) is 13.3.